The highest BCUT2D eigenvalue weighted by atomic mass is 32.2. The third-order valence-electron chi connectivity index (χ3n) is 1.59. The van der Waals surface area contributed by atoms with Gasteiger partial charge in [-0.25, -0.2) is 13.4 Å². The lowest BCUT2D eigenvalue weighted by Gasteiger charge is -2.05. The summed E-state index contributed by atoms with van der Waals surface area (Å²) >= 11 is 0. The summed E-state index contributed by atoms with van der Waals surface area (Å²) < 4.78 is 22.2. The van der Waals surface area contributed by atoms with Crippen LogP contribution in [0.15, 0.2) is 17.2 Å². The summed E-state index contributed by atoms with van der Waals surface area (Å²) in [7, 11) is -1.56. The molecule has 0 amide bonds. The van der Waals surface area contributed by atoms with Crippen LogP contribution in [-0.2, 0) is 9.84 Å². The predicted octanol–water partition coefficient (Wildman–Crippen LogP) is 0.109. The lowest BCUT2D eigenvalue weighted by molar-refractivity contribution is 0.601. The van der Waals surface area contributed by atoms with Crippen LogP contribution in [0.25, 0.3) is 0 Å². The lowest BCUT2D eigenvalue weighted by Crippen LogP contribution is -2.03. The number of sulfone groups is 1. The van der Waals surface area contributed by atoms with Gasteiger partial charge in [-0.15, -0.1) is 0 Å². The van der Waals surface area contributed by atoms with Gasteiger partial charge in [0.05, 0.1) is 10.6 Å². The van der Waals surface area contributed by atoms with E-state index in [-0.39, 0.29) is 10.7 Å². The average Bonchev–Trinajstić information content (AvgIpc) is 2.03. The first-order valence-corrected chi connectivity index (χ1v) is 5.47. The number of hydrogen-bond donors (Lipinski definition) is 2. The molecule has 6 heteroatoms. The number of pyridine rings is 1. The topological polar surface area (TPSA) is 85.1 Å². The van der Waals surface area contributed by atoms with Crippen LogP contribution in [0.1, 0.15) is 0 Å². The number of rotatable bonds is 2. The molecule has 1 heterocycles. The van der Waals surface area contributed by atoms with Gasteiger partial charge in [-0.05, 0) is 6.07 Å². The van der Waals surface area contributed by atoms with Crippen molar-refractivity contribution in [2.75, 3.05) is 24.4 Å². The fourth-order valence-corrected chi connectivity index (χ4v) is 1.44. The SMILES string of the molecule is CNc1cc(S(C)(=O)=O)cnc1N. The molecule has 0 aromatic carbocycles. The molecule has 1 rings (SSSR count). The van der Waals surface area contributed by atoms with E-state index in [1.807, 2.05) is 0 Å². The highest BCUT2D eigenvalue weighted by molar-refractivity contribution is 7.90. The van der Waals surface area contributed by atoms with Crippen LogP contribution >= 0.6 is 0 Å². The molecule has 1 aromatic heterocycles. The third kappa shape index (κ3) is 2.09. The van der Waals surface area contributed by atoms with E-state index in [0.717, 1.165) is 6.26 Å². The molecule has 72 valence electrons. The van der Waals surface area contributed by atoms with Crippen molar-refractivity contribution in [1.29, 1.82) is 0 Å². The second-order valence-corrected chi connectivity index (χ2v) is 4.64. The van der Waals surface area contributed by atoms with Gasteiger partial charge in [0.1, 0.15) is 5.82 Å². The lowest BCUT2D eigenvalue weighted by atomic mass is 10.4. The Kier molecular flexibility index (Phi) is 2.42. The molecular formula is C7H11N3O2S. The first kappa shape index (κ1) is 9.79. The van der Waals surface area contributed by atoms with Gasteiger partial charge in [0.2, 0.25) is 0 Å². The van der Waals surface area contributed by atoms with Crippen LogP contribution in [0.4, 0.5) is 11.5 Å². The molecule has 3 N–H and O–H groups in total. The van der Waals surface area contributed by atoms with E-state index in [9.17, 15) is 8.42 Å². The molecule has 0 aliphatic heterocycles. The van der Waals surface area contributed by atoms with E-state index in [1.165, 1.54) is 12.3 Å². The number of hydrogen-bond acceptors (Lipinski definition) is 5. The minimum Gasteiger partial charge on any atom is -0.385 e. The summed E-state index contributed by atoms with van der Waals surface area (Å²) in [5, 5.41) is 2.76. The van der Waals surface area contributed by atoms with Crippen LogP contribution in [0, 0.1) is 0 Å². The Morgan fingerprint density at radius 2 is 2.15 bits per heavy atom. The van der Waals surface area contributed by atoms with E-state index in [0.29, 0.717) is 5.69 Å². The second-order valence-electron chi connectivity index (χ2n) is 2.63. The molecule has 0 spiro atoms. The van der Waals surface area contributed by atoms with Gasteiger partial charge in [0.25, 0.3) is 0 Å². The summed E-state index contributed by atoms with van der Waals surface area (Å²) in [6.07, 6.45) is 2.37. The number of nitrogens with one attached hydrogen (secondary N) is 1. The second kappa shape index (κ2) is 3.21. The van der Waals surface area contributed by atoms with E-state index in [4.69, 9.17) is 5.73 Å². The van der Waals surface area contributed by atoms with Crippen LogP contribution in [0.5, 0.6) is 0 Å². The van der Waals surface area contributed by atoms with E-state index < -0.39 is 9.84 Å². The molecule has 1 aromatic rings. The molecule has 0 atom stereocenters. The van der Waals surface area contributed by atoms with Crippen molar-refractivity contribution in [2.45, 2.75) is 4.90 Å². The Hall–Kier alpha value is -1.30. The van der Waals surface area contributed by atoms with Gasteiger partial charge in [0.15, 0.2) is 9.84 Å². The van der Waals surface area contributed by atoms with Crippen molar-refractivity contribution < 1.29 is 8.42 Å². The molecule has 13 heavy (non-hydrogen) atoms. The maximum atomic E-state index is 11.1. The summed E-state index contributed by atoms with van der Waals surface area (Å²) in [6, 6.07) is 1.46. The highest BCUT2D eigenvalue weighted by Crippen LogP contribution is 2.18. The summed E-state index contributed by atoms with van der Waals surface area (Å²) in [6.45, 7) is 0. The third-order valence-corrected chi connectivity index (χ3v) is 2.67. The first-order chi connectivity index (χ1) is 5.95. The van der Waals surface area contributed by atoms with Crippen molar-refractivity contribution in [3.05, 3.63) is 12.3 Å². The molecule has 0 aliphatic rings. The summed E-state index contributed by atoms with van der Waals surface area (Å²) in [4.78, 5) is 3.91. The fourth-order valence-electron chi connectivity index (χ4n) is 0.859. The number of nitrogens with zero attached hydrogens (tertiary/aromatic N) is 1. The largest absolute Gasteiger partial charge is 0.385 e. The molecule has 0 bridgehead atoms. The maximum Gasteiger partial charge on any atom is 0.177 e. The Morgan fingerprint density at radius 3 is 2.62 bits per heavy atom. The Labute approximate surface area is 76.9 Å². The van der Waals surface area contributed by atoms with E-state index in [1.54, 1.807) is 7.05 Å². The molecular weight excluding hydrogens is 190 g/mol. The normalized spacial score (nSPS) is 11.2. The zero-order chi connectivity index (χ0) is 10.1. The smallest absolute Gasteiger partial charge is 0.177 e. The molecule has 0 saturated heterocycles. The van der Waals surface area contributed by atoms with Gasteiger partial charge in [0, 0.05) is 19.5 Å². The summed E-state index contributed by atoms with van der Waals surface area (Å²) in [5.74, 6) is 0.287. The quantitative estimate of drug-likeness (QED) is 0.709. The molecule has 0 fully saturated rings. The number of anilines is 2. The van der Waals surface area contributed by atoms with Crippen molar-refractivity contribution in [2.24, 2.45) is 0 Å². The van der Waals surface area contributed by atoms with Crippen LogP contribution in [-0.4, -0.2) is 26.7 Å². The van der Waals surface area contributed by atoms with Gasteiger partial charge in [-0.3, -0.25) is 0 Å². The van der Waals surface area contributed by atoms with Gasteiger partial charge >= 0.3 is 0 Å². The molecule has 0 radical (unpaired) electrons. The minimum atomic E-state index is -3.21. The number of nitrogen functional groups attached to an aromatic ring is 1. The minimum absolute atomic E-state index is 0.158. The van der Waals surface area contributed by atoms with E-state index in [2.05, 4.69) is 10.3 Å². The predicted molar refractivity (Wildman–Crippen MR) is 51.3 cm³/mol. The number of nitrogens with two attached hydrogens (primary N) is 1. The van der Waals surface area contributed by atoms with Crippen molar-refractivity contribution in [3.63, 3.8) is 0 Å². The summed E-state index contributed by atoms with van der Waals surface area (Å²) in [5.41, 5.74) is 5.99. The van der Waals surface area contributed by atoms with Crippen molar-refractivity contribution in [3.8, 4) is 0 Å². The molecule has 0 saturated carbocycles. The van der Waals surface area contributed by atoms with Crippen LogP contribution in [0.3, 0.4) is 0 Å². The van der Waals surface area contributed by atoms with Crippen LogP contribution < -0.4 is 11.1 Å². The van der Waals surface area contributed by atoms with Gasteiger partial charge in [-0.1, -0.05) is 0 Å². The fraction of sp³-hybridized carbons (Fsp3) is 0.286. The molecule has 5 nitrogen and oxygen atoms in total. The van der Waals surface area contributed by atoms with Crippen molar-refractivity contribution >= 4 is 21.3 Å². The molecule has 0 unspecified atom stereocenters. The zero-order valence-electron chi connectivity index (χ0n) is 7.40. The van der Waals surface area contributed by atoms with Gasteiger partial charge < -0.3 is 11.1 Å². The average molecular weight is 201 g/mol. The zero-order valence-corrected chi connectivity index (χ0v) is 8.22. The maximum absolute atomic E-state index is 11.1. The number of aromatic nitrogens is 1. The van der Waals surface area contributed by atoms with E-state index >= 15 is 0 Å². The van der Waals surface area contributed by atoms with Crippen molar-refractivity contribution in [1.82, 2.24) is 4.98 Å². The standard InChI is InChI=1S/C7H11N3O2S/c1-9-6-3-5(13(2,11)12)4-10-7(6)8/h3-4,9H,1-2H3,(H2,8,10). The highest BCUT2D eigenvalue weighted by Gasteiger charge is 2.09. The molecule has 0 aliphatic carbocycles. The Balaban J connectivity index is 3.30. The Morgan fingerprint density at radius 1 is 1.54 bits per heavy atom. The van der Waals surface area contributed by atoms with Crippen LogP contribution in [0.2, 0.25) is 0 Å². The monoisotopic (exact) mass is 201 g/mol. The Bertz CT molecular complexity index is 414. The first-order valence-electron chi connectivity index (χ1n) is 3.58. The van der Waals surface area contributed by atoms with Gasteiger partial charge in [-0.2, -0.15) is 0 Å².